The first-order chi connectivity index (χ1) is 7.33. The quantitative estimate of drug-likeness (QED) is 0.550. The van der Waals surface area contributed by atoms with E-state index < -0.39 is 5.79 Å². The fraction of sp³-hybridized carbons (Fsp3) is 0.583. The van der Waals surface area contributed by atoms with Gasteiger partial charge in [-0.25, -0.2) is 0 Å². The molecule has 15 heavy (non-hydrogen) atoms. The van der Waals surface area contributed by atoms with Gasteiger partial charge in [-0.2, -0.15) is 0 Å². The van der Waals surface area contributed by atoms with Crippen LogP contribution in [-0.2, 0) is 14.3 Å². The topological polar surface area (TPSA) is 35.5 Å². The maximum Gasteiger partial charge on any atom is 0.182 e. The second-order valence-electron chi connectivity index (χ2n) is 4.72. The smallest absolute Gasteiger partial charge is 0.182 e. The van der Waals surface area contributed by atoms with Crippen molar-refractivity contribution in [2.75, 3.05) is 13.2 Å². The van der Waals surface area contributed by atoms with Crippen LogP contribution in [0.3, 0.4) is 0 Å². The lowest BCUT2D eigenvalue weighted by molar-refractivity contribution is -0.188. The molecule has 4 atom stereocenters. The summed E-state index contributed by atoms with van der Waals surface area (Å²) in [6, 6.07) is 0. The SMILES string of the molecule is O=C1C=C[C@H]2[C@@H]1[C@H]1C=C[C@H]2C12OCCO2. The van der Waals surface area contributed by atoms with E-state index in [1.807, 2.05) is 6.08 Å². The van der Waals surface area contributed by atoms with E-state index >= 15 is 0 Å². The van der Waals surface area contributed by atoms with Crippen molar-refractivity contribution >= 4 is 5.78 Å². The minimum atomic E-state index is -0.490. The fourth-order valence-electron chi connectivity index (χ4n) is 3.71. The fourth-order valence-corrected chi connectivity index (χ4v) is 3.71. The molecule has 0 aromatic carbocycles. The van der Waals surface area contributed by atoms with E-state index in [2.05, 4.69) is 12.2 Å². The Hall–Kier alpha value is -0.930. The van der Waals surface area contributed by atoms with Crippen molar-refractivity contribution in [3.05, 3.63) is 24.3 Å². The molecule has 1 saturated heterocycles. The second kappa shape index (κ2) is 2.42. The van der Waals surface area contributed by atoms with Gasteiger partial charge >= 0.3 is 0 Å². The van der Waals surface area contributed by atoms with Crippen molar-refractivity contribution < 1.29 is 14.3 Å². The Morgan fingerprint density at radius 2 is 1.87 bits per heavy atom. The molecule has 2 fully saturated rings. The van der Waals surface area contributed by atoms with Crippen molar-refractivity contribution in [3.63, 3.8) is 0 Å². The molecule has 78 valence electrons. The van der Waals surface area contributed by atoms with Crippen LogP contribution in [0.25, 0.3) is 0 Å². The predicted octanol–water partition coefficient (Wildman–Crippen LogP) is 0.917. The number of ether oxygens (including phenoxy) is 2. The molecular weight excluding hydrogens is 192 g/mol. The molecule has 3 nitrogen and oxygen atoms in total. The Labute approximate surface area is 87.7 Å². The molecule has 4 aliphatic rings. The lowest BCUT2D eigenvalue weighted by Gasteiger charge is -2.28. The summed E-state index contributed by atoms with van der Waals surface area (Å²) in [7, 11) is 0. The Morgan fingerprint density at radius 3 is 2.60 bits per heavy atom. The monoisotopic (exact) mass is 204 g/mol. The summed E-state index contributed by atoms with van der Waals surface area (Å²) in [5.74, 6) is 0.532. The molecule has 1 spiro atoms. The van der Waals surface area contributed by atoms with Crippen LogP contribution in [-0.4, -0.2) is 24.8 Å². The average molecular weight is 204 g/mol. The van der Waals surface area contributed by atoms with Crippen molar-refractivity contribution in [3.8, 4) is 0 Å². The third-order valence-electron chi connectivity index (χ3n) is 4.22. The highest BCUT2D eigenvalue weighted by Crippen LogP contribution is 2.60. The van der Waals surface area contributed by atoms with Gasteiger partial charge < -0.3 is 9.47 Å². The number of allylic oxidation sites excluding steroid dienone is 2. The Bertz CT molecular complexity index is 390. The summed E-state index contributed by atoms with van der Waals surface area (Å²) in [4.78, 5) is 11.8. The number of rotatable bonds is 0. The van der Waals surface area contributed by atoms with Crippen molar-refractivity contribution in [1.29, 1.82) is 0 Å². The van der Waals surface area contributed by atoms with E-state index in [4.69, 9.17) is 9.47 Å². The van der Waals surface area contributed by atoms with E-state index in [-0.39, 0.29) is 23.5 Å². The highest BCUT2D eigenvalue weighted by atomic mass is 16.7. The van der Waals surface area contributed by atoms with Crippen LogP contribution >= 0.6 is 0 Å². The molecule has 1 heterocycles. The van der Waals surface area contributed by atoms with Gasteiger partial charge in [0.2, 0.25) is 0 Å². The zero-order valence-electron chi connectivity index (χ0n) is 8.26. The molecule has 2 bridgehead atoms. The van der Waals surface area contributed by atoms with Crippen LogP contribution in [0, 0.1) is 23.7 Å². The van der Waals surface area contributed by atoms with Gasteiger partial charge in [0.05, 0.1) is 13.2 Å². The molecule has 1 aliphatic heterocycles. The molecule has 0 unspecified atom stereocenters. The number of carbonyl (C=O) groups excluding carboxylic acids is 1. The minimum absolute atomic E-state index is 0.0816. The van der Waals surface area contributed by atoms with Crippen LogP contribution in [0.15, 0.2) is 24.3 Å². The highest BCUT2D eigenvalue weighted by Gasteiger charge is 2.66. The third-order valence-corrected chi connectivity index (χ3v) is 4.22. The number of hydrogen-bond donors (Lipinski definition) is 0. The third kappa shape index (κ3) is 0.755. The highest BCUT2D eigenvalue weighted by molar-refractivity contribution is 5.96. The maximum absolute atomic E-state index is 11.8. The van der Waals surface area contributed by atoms with Crippen molar-refractivity contribution in [2.24, 2.45) is 23.7 Å². The van der Waals surface area contributed by atoms with Gasteiger partial charge in [0.15, 0.2) is 11.6 Å². The van der Waals surface area contributed by atoms with Gasteiger partial charge in [-0.3, -0.25) is 4.79 Å². The average Bonchev–Trinajstić information content (AvgIpc) is 2.96. The Balaban J connectivity index is 1.83. The van der Waals surface area contributed by atoms with Gasteiger partial charge in [-0.15, -0.1) is 0 Å². The van der Waals surface area contributed by atoms with Crippen LogP contribution in [0.5, 0.6) is 0 Å². The Kier molecular flexibility index (Phi) is 1.33. The number of ketones is 1. The zero-order chi connectivity index (χ0) is 10.0. The summed E-state index contributed by atoms with van der Waals surface area (Å²) >= 11 is 0. The van der Waals surface area contributed by atoms with E-state index in [1.54, 1.807) is 6.08 Å². The molecule has 0 aromatic rings. The summed E-state index contributed by atoms with van der Waals surface area (Å²) in [5, 5.41) is 0. The lowest BCUT2D eigenvalue weighted by Crippen LogP contribution is -2.38. The number of fused-ring (bicyclic) bond motifs is 3. The van der Waals surface area contributed by atoms with Gasteiger partial charge in [0.1, 0.15) is 0 Å². The zero-order valence-corrected chi connectivity index (χ0v) is 8.26. The molecule has 0 N–H and O–H groups in total. The first-order valence-electron chi connectivity index (χ1n) is 5.51. The van der Waals surface area contributed by atoms with Gasteiger partial charge in [0.25, 0.3) is 0 Å². The van der Waals surface area contributed by atoms with Gasteiger partial charge in [0, 0.05) is 17.8 Å². The molecule has 0 radical (unpaired) electrons. The van der Waals surface area contributed by atoms with Crippen LogP contribution in [0.1, 0.15) is 0 Å². The standard InChI is InChI=1S/C12H12O3/c13-10-4-1-7-8-2-3-9(11(7)10)12(8)14-5-6-15-12/h1-4,7-9,11H,5-6H2/t7-,8-,9-,11-/m1/s1. The summed E-state index contributed by atoms with van der Waals surface area (Å²) in [6.45, 7) is 1.32. The molecule has 3 aliphatic carbocycles. The molecule has 4 rings (SSSR count). The molecular formula is C12H12O3. The van der Waals surface area contributed by atoms with Crippen molar-refractivity contribution in [2.45, 2.75) is 5.79 Å². The normalized spacial score (nSPS) is 48.4. The maximum atomic E-state index is 11.8. The van der Waals surface area contributed by atoms with Gasteiger partial charge in [-0.05, 0) is 12.0 Å². The Morgan fingerprint density at radius 1 is 1.13 bits per heavy atom. The van der Waals surface area contributed by atoms with Crippen LogP contribution in [0.2, 0.25) is 0 Å². The number of hydrogen-bond acceptors (Lipinski definition) is 3. The summed E-state index contributed by atoms with van der Waals surface area (Å²) < 4.78 is 11.6. The largest absolute Gasteiger partial charge is 0.346 e. The summed E-state index contributed by atoms with van der Waals surface area (Å²) in [5.41, 5.74) is 0. The van der Waals surface area contributed by atoms with E-state index in [9.17, 15) is 4.79 Å². The van der Waals surface area contributed by atoms with Crippen LogP contribution in [0.4, 0.5) is 0 Å². The molecule has 1 saturated carbocycles. The number of carbonyl (C=O) groups is 1. The first kappa shape index (κ1) is 8.25. The molecule has 0 aromatic heterocycles. The van der Waals surface area contributed by atoms with E-state index in [0.717, 1.165) is 0 Å². The predicted molar refractivity (Wildman–Crippen MR) is 51.9 cm³/mol. The second-order valence-corrected chi connectivity index (χ2v) is 4.72. The van der Waals surface area contributed by atoms with Crippen molar-refractivity contribution in [1.82, 2.24) is 0 Å². The minimum Gasteiger partial charge on any atom is -0.346 e. The molecule has 3 heteroatoms. The van der Waals surface area contributed by atoms with Gasteiger partial charge in [-0.1, -0.05) is 18.2 Å². The van der Waals surface area contributed by atoms with E-state index in [1.165, 1.54) is 0 Å². The van der Waals surface area contributed by atoms with E-state index in [0.29, 0.717) is 19.1 Å². The first-order valence-corrected chi connectivity index (χ1v) is 5.51. The molecule has 0 amide bonds. The lowest BCUT2D eigenvalue weighted by atomic mass is 9.85. The van der Waals surface area contributed by atoms with Crippen LogP contribution < -0.4 is 0 Å². The summed E-state index contributed by atoms with van der Waals surface area (Å²) in [6.07, 6.45) is 8.04.